The van der Waals surface area contributed by atoms with Crippen LogP contribution in [0.1, 0.15) is 26.2 Å². The van der Waals surface area contributed by atoms with Crippen molar-refractivity contribution in [2.75, 3.05) is 33.1 Å². The number of benzene rings is 1. The van der Waals surface area contributed by atoms with E-state index in [0.717, 1.165) is 12.8 Å². The highest BCUT2D eigenvalue weighted by molar-refractivity contribution is 6.04. The number of nitrogens with zero attached hydrogens (tertiary/aromatic N) is 1. The molecule has 1 aromatic carbocycles. The topological polar surface area (TPSA) is 67.9 Å². The predicted molar refractivity (Wildman–Crippen MR) is 85.3 cm³/mol. The first-order chi connectivity index (χ1) is 10.5. The maximum atomic E-state index is 12.0. The predicted octanol–water partition coefficient (Wildman–Crippen LogP) is 2.29. The average molecular weight is 308 g/mol. The summed E-state index contributed by atoms with van der Waals surface area (Å²) in [6.45, 7) is 2.72. The second kappa shape index (κ2) is 8.92. The van der Waals surface area contributed by atoms with Crippen LogP contribution in [-0.4, -0.2) is 44.5 Å². The fourth-order valence-corrected chi connectivity index (χ4v) is 1.89. The first-order valence-corrected chi connectivity index (χ1v) is 7.27. The van der Waals surface area contributed by atoms with Gasteiger partial charge in [-0.2, -0.15) is 0 Å². The van der Waals surface area contributed by atoms with E-state index in [4.69, 9.17) is 9.47 Å². The lowest BCUT2D eigenvalue weighted by Crippen LogP contribution is -2.31. The highest BCUT2D eigenvalue weighted by Crippen LogP contribution is 2.29. The molecule has 0 unspecified atom stereocenters. The van der Waals surface area contributed by atoms with Crippen LogP contribution in [0, 0.1) is 0 Å². The van der Waals surface area contributed by atoms with Gasteiger partial charge in [-0.1, -0.05) is 13.3 Å². The van der Waals surface area contributed by atoms with Crippen molar-refractivity contribution in [1.29, 1.82) is 0 Å². The van der Waals surface area contributed by atoms with Gasteiger partial charge in [0.15, 0.2) is 0 Å². The van der Waals surface area contributed by atoms with E-state index in [1.54, 1.807) is 37.3 Å². The first-order valence-electron chi connectivity index (χ1n) is 7.27. The first kappa shape index (κ1) is 17.8. The Bertz CT molecular complexity index is 517. The Hall–Kier alpha value is -2.24. The molecular weight excluding hydrogens is 284 g/mol. The second-order valence-corrected chi connectivity index (χ2v) is 4.96. The highest BCUT2D eigenvalue weighted by atomic mass is 16.5. The van der Waals surface area contributed by atoms with E-state index >= 15 is 0 Å². The third-order valence-corrected chi connectivity index (χ3v) is 3.27. The third-order valence-electron chi connectivity index (χ3n) is 3.27. The standard InChI is InChI=1S/C16H24N2O4/c1-5-6-9-18(2)16(20)11-15(19)17-13-8-7-12(21-3)10-14(13)22-4/h7-8,10H,5-6,9,11H2,1-4H3,(H,17,19). The molecule has 0 atom stereocenters. The van der Waals surface area contributed by atoms with Crippen molar-refractivity contribution >= 4 is 17.5 Å². The summed E-state index contributed by atoms with van der Waals surface area (Å²) < 4.78 is 10.3. The van der Waals surface area contributed by atoms with E-state index < -0.39 is 0 Å². The molecule has 0 saturated carbocycles. The minimum atomic E-state index is -0.364. The van der Waals surface area contributed by atoms with Gasteiger partial charge in [-0.3, -0.25) is 9.59 Å². The molecule has 0 aliphatic rings. The van der Waals surface area contributed by atoms with E-state index in [2.05, 4.69) is 12.2 Å². The Labute approximate surface area is 131 Å². The molecule has 0 fully saturated rings. The van der Waals surface area contributed by atoms with Crippen molar-refractivity contribution < 1.29 is 19.1 Å². The Morgan fingerprint density at radius 2 is 1.95 bits per heavy atom. The zero-order chi connectivity index (χ0) is 16.5. The number of rotatable bonds is 8. The van der Waals surface area contributed by atoms with Crippen LogP contribution in [-0.2, 0) is 9.59 Å². The molecule has 0 aliphatic carbocycles. The van der Waals surface area contributed by atoms with Crippen molar-refractivity contribution in [3.05, 3.63) is 18.2 Å². The van der Waals surface area contributed by atoms with Crippen LogP contribution in [0.2, 0.25) is 0 Å². The quantitative estimate of drug-likeness (QED) is 0.748. The number of amides is 2. The lowest BCUT2D eigenvalue weighted by atomic mass is 10.2. The lowest BCUT2D eigenvalue weighted by molar-refractivity contribution is -0.133. The number of ether oxygens (including phenoxy) is 2. The van der Waals surface area contributed by atoms with E-state index in [-0.39, 0.29) is 18.2 Å². The summed E-state index contributed by atoms with van der Waals surface area (Å²) in [4.78, 5) is 25.5. The molecule has 122 valence electrons. The van der Waals surface area contributed by atoms with Crippen molar-refractivity contribution in [2.24, 2.45) is 0 Å². The Kier molecular flexibility index (Phi) is 7.22. The average Bonchev–Trinajstić information content (AvgIpc) is 2.52. The maximum absolute atomic E-state index is 12.0. The zero-order valence-corrected chi connectivity index (χ0v) is 13.6. The fourth-order valence-electron chi connectivity index (χ4n) is 1.89. The lowest BCUT2D eigenvalue weighted by Gasteiger charge is -2.17. The molecule has 0 heterocycles. The molecule has 1 N–H and O–H groups in total. The van der Waals surface area contributed by atoms with Gasteiger partial charge in [-0.05, 0) is 18.6 Å². The molecule has 22 heavy (non-hydrogen) atoms. The van der Waals surface area contributed by atoms with Crippen LogP contribution in [0.4, 0.5) is 5.69 Å². The van der Waals surface area contributed by atoms with E-state index in [1.165, 1.54) is 7.11 Å². The maximum Gasteiger partial charge on any atom is 0.233 e. The third kappa shape index (κ3) is 5.27. The van der Waals surface area contributed by atoms with E-state index in [0.29, 0.717) is 23.7 Å². The smallest absolute Gasteiger partial charge is 0.233 e. The van der Waals surface area contributed by atoms with Crippen LogP contribution >= 0.6 is 0 Å². The fraction of sp³-hybridized carbons (Fsp3) is 0.500. The summed E-state index contributed by atoms with van der Waals surface area (Å²) in [6, 6.07) is 5.07. The summed E-state index contributed by atoms with van der Waals surface area (Å²) in [5.74, 6) is 0.556. The minimum absolute atomic E-state index is 0.185. The molecule has 0 bridgehead atoms. The molecule has 0 radical (unpaired) electrons. The molecule has 1 aromatic rings. The summed E-state index contributed by atoms with van der Waals surface area (Å²) in [6.07, 6.45) is 1.75. The van der Waals surface area contributed by atoms with Gasteiger partial charge in [0.05, 0.1) is 19.9 Å². The van der Waals surface area contributed by atoms with E-state index in [1.807, 2.05) is 0 Å². The molecule has 6 heteroatoms. The van der Waals surface area contributed by atoms with Crippen LogP contribution in [0.5, 0.6) is 11.5 Å². The number of hydrogen-bond donors (Lipinski definition) is 1. The Morgan fingerprint density at radius 3 is 2.55 bits per heavy atom. The molecule has 0 saturated heterocycles. The summed E-state index contributed by atoms with van der Waals surface area (Å²) in [5, 5.41) is 2.69. The van der Waals surface area contributed by atoms with Gasteiger partial charge in [0, 0.05) is 19.7 Å². The van der Waals surface area contributed by atoms with Gasteiger partial charge in [0.1, 0.15) is 17.9 Å². The van der Waals surface area contributed by atoms with Crippen molar-refractivity contribution in [3.63, 3.8) is 0 Å². The largest absolute Gasteiger partial charge is 0.497 e. The molecule has 0 aliphatic heterocycles. The SMILES string of the molecule is CCCCN(C)C(=O)CC(=O)Nc1ccc(OC)cc1OC. The molecule has 0 spiro atoms. The summed E-state index contributed by atoms with van der Waals surface area (Å²) >= 11 is 0. The number of unbranched alkanes of at least 4 members (excludes halogenated alkanes) is 1. The monoisotopic (exact) mass is 308 g/mol. The van der Waals surface area contributed by atoms with Crippen LogP contribution in [0.25, 0.3) is 0 Å². The van der Waals surface area contributed by atoms with Gasteiger partial charge >= 0.3 is 0 Å². The van der Waals surface area contributed by atoms with Crippen molar-refractivity contribution in [3.8, 4) is 11.5 Å². The van der Waals surface area contributed by atoms with E-state index in [9.17, 15) is 9.59 Å². The Balaban J connectivity index is 2.63. The van der Waals surface area contributed by atoms with Gasteiger partial charge in [0.25, 0.3) is 0 Å². The summed E-state index contributed by atoms with van der Waals surface area (Å²) in [7, 11) is 4.77. The normalized spacial score (nSPS) is 10.0. The van der Waals surface area contributed by atoms with Crippen molar-refractivity contribution in [1.82, 2.24) is 4.90 Å². The molecule has 1 rings (SSSR count). The molecule has 6 nitrogen and oxygen atoms in total. The Morgan fingerprint density at radius 1 is 1.23 bits per heavy atom. The molecular formula is C16H24N2O4. The summed E-state index contributed by atoms with van der Waals surface area (Å²) in [5.41, 5.74) is 0.511. The number of carbonyl (C=O) groups excluding carboxylic acids is 2. The van der Waals surface area contributed by atoms with Crippen LogP contribution < -0.4 is 14.8 Å². The van der Waals surface area contributed by atoms with Gasteiger partial charge in [-0.25, -0.2) is 0 Å². The van der Waals surface area contributed by atoms with Crippen LogP contribution in [0.15, 0.2) is 18.2 Å². The number of carbonyl (C=O) groups is 2. The van der Waals surface area contributed by atoms with Gasteiger partial charge in [0.2, 0.25) is 11.8 Å². The number of hydrogen-bond acceptors (Lipinski definition) is 4. The minimum Gasteiger partial charge on any atom is -0.497 e. The van der Waals surface area contributed by atoms with Crippen LogP contribution in [0.3, 0.4) is 0 Å². The van der Waals surface area contributed by atoms with Gasteiger partial charge < -0.3 is 19.7 Å². The van der Waals surface area contributed by atoms with Crippen molar-refractivity contribution in [2.45, 2.75) is 26.2 Å². The highest BCUT2D eigenvalue weighted by Gasteiger charge is 2.15. The van der Waals surface area contributed by atoms with Gasteiger partial charge in [-0.15, -0.1) is 0 Å². The number of nitrogens with one attached hydrogen (secondary N) is 1. The number of anilines is 1. The zero-order valence-electron chi connectivity index (χ0n) is 13.6. The number of methoxy groups -OCH3 is 2. The molecule has 2 amide bonds. The second-order valence-electron chi connectivity index (χ2n) is 4.96. The molecule has 0 aromatic heterocycles.